The fourth-order valence-corrected chi connectivity index (χ4v) is 6.34. The first-order valence-corrected chi connectivity index (χ1v) is 13.8. The normalized spacial score (nSPS) is 11.1. The van der Waals surface area contributed by atoms with Crippen LogP contribution in [0.1, 0.15) is 23.7 Å². The van der Waals surface area contributed by atoms with Gasteiger partial charge < -0.3 is 4.74 Å². The van der Waals surface area contributed by atoms with E-state index >= 15 is 0 Å². The Morgan fingerprint density at radius 3 is 1.66 bits per heavy atom. The highest BCUT2D eigenvalue weighted by Crippen LogP contribution is 2.35. The molecule has 0 spiro atoms. The number of hydrogen-bond acceptors (Lipinski definition) is 5. The molecule has 1 atom stereocenters. The summed E-state index contributed by atoms with van der Waals surface area (Å²) in [6.45, 7) is 2.33. The molecule has 0 heterocycles. The summed E-state index contributed by atoms with van der Waals surface area (Å²) in [5, 5.41) is 12.0. The van der Waals surface area contributed by atoms with Crippen molar-refractivity contribution in [2.24, 2.45) is 0 Å². The monoisotopic (exact) mass is 502 g/mol. The molecule has 0 aliphatic rings. The molecule has 0 saturated carbocycles. The molecule has 0 amide bonds. The zero-order valence-corrected chi connectivity index (χ0v) is 21.1. The molecule has 0 aliphatic carbocycles. The lowest BCUT2D eigenvalue weighted by atomic mass is 10.2. The predicted octanol–water partition coefficient (Wildman–Crippen LogP) is 6.54. The van der Waals surface area contributed by atoms with Crippen LogP contribution in [0.2, 0.25) is 0 Å². The zero-order valence-electron chi connectivity index (χ0n) is 19.3. The van der Waals surface area contributed by atoms with E-state index in [1.54, 1.807) is 24.3 Å². The summed E-state index contributed by atoms with van der Waals surface area (Å²) < 4.78 is 16.5. The molecule has 0 saturated heterocycles. The van der Waals surface area contributed by atoms with Gasteiger partial charge in [-0.1, -0.05) is 67.6 Å². The molecule has 7 heteroatoms. The Kier molecular flexibility index (Phi) is 8.62. The van der Waals surface area contributed by atoms with Crippen LogP contribution >= 0.6 is 16.1 Å². The fourth-order valence-electron chi connectivity index (χ4n) is 3.40. The molecule has 4 rings (SSSR count). The maximum Gasteiger partial charge on any atom is 0.664 e. The van der Waals surface area contributed by atoms with Crippen molar-refractivity contribution in [3.63, 3.8) is 0 Å². The van der Waals surface area contributed by atoms with Gasteiger partial charge >= 0.3 is 14.1 Å². The second kappa shape index (κ2) is 12.3. The minimum Gasteiger partial charge on any atom is -0.462 e. The first-order valence-electron chi connectivity index (χ1n) is 11.3. The lowest BCUT2D eigenvalue weighted by Crippen LogP contribution is -2.20. The van der Waals surface area contributed by atoms with Crippen LogP contribution in [0.15, 0.2) is 109 Å². The fraction of sp³-hybridized carbons (Fsp3) is 0.107. The average molecular weight is 502 g/mol. The minimum absolute atomic E-state index is 0.367. The summed E-state index contributed by atoms with van der Waals surface area (Å²) >= 11 is 0. The van der Waals surface area contributed by atoms with E-state index in [-0.39, 0.29) is 5.97 Å². The van der Waals surface area contributed by atoms with E-state index in [9.17, 15) is 4.79 Å². The first kappa shape index (κ1) is 24.6. The SMILES string of the molecule is CCCOC(=O)c1ccc(O[P+](=N)Oc2ccc(P(c3ccccc3)c3ccccc3)cc2)cc1. The van der Waals surface area contributed by atoms with Crippen molar-refractivity contribution >= 4 is 38.0 Å². The number of esters is 1. The first-order chi connectivity index (χ1) is 17.1. The molecule has 0 aliphatic heterocycles. The smallest absolute Gasteiger partial charge is 0.462 e. The highest BCUT2D eigenvalue weighted by molar-refractivity contribution is 7.79. The summed E-state index contributed by atoms with van der Waals surface area (Å²) in [7, 11) is -2.64. The third-order valence-corrected chi connectivity index (χ3v) is 8.22. The van der Waals surface area contributed by atoms with Crippen LogP contribution < -0.4 is 25.0 Å². The summed E-state index contributed by atoms with van der Waals surface area (Å²) in [5.74, 6) is 0.672. The van der Waals surface area contributed by atoms with Crippen molar-refractivity contribution in [1.82, 2.24) is 0 Å². The number of benzene rings is 4. The van der Waals surface area contributed by atoms with Gasteiger partial charge in [0, 0.05) is 0 Å². The van der Waals surface area contributed by atoms with Gasteiger partial charge in [0.2, 0.25) is 0 Å². The van der Waals surface area contributed by atoms with Gasteiger partial charge in [0.05, 0.1) is 12.2 Å². The number of ether oxygens (including phenoxy) is 1. The predicted molar refractivity (Wildman–Crippen MR) is 143 cm³/mol. The third-order valence-electron chi connectivity index (χ3n) is 5.03. The van der Waals surface area contributed by atoms with Gasteiger partial charge in [-0.05, 0) is 83.9 Å². The summed E-state index contributed by atoms with van der Waals surface area (Å²) in [6.07, 6.45) is 0.772. The molecule has 0 radical (unpaired) electrons. The lowest BCUT2D eigenvalue weighted by Gasteiger charge is -2.19. The maximum absolute atomic E-state index is 11.9. The van der Waals surface area contributed by atoms with Crippen LogP contribution in [0.5, 0.6) is 11.5 Å². The van der Waals surface area contributed by atoms with Gasteiger partial charge in [-0.3, -0.25) is 0 Å². The summed E-state index contributed by atoms with van der Waals surface area (Å²) in [4.78, 5) is 11.9. The molecule has 4 aromatic carbocycles. The highest BCUT2D eigenvalue weighted by Gasteiger charge is 2.21. The Morgan fingerprint density at radius 1 is 0.714 bits per heavy atom. The molecule has 5 nitrogen and oxygen atoms in total. The lowest BCUT2D eigenvalue weighted by molar-refractivity contribution is 0.0505. The van der Waals surface area contributed by atoms with Gasteiger partial charge in [-0.2, -0.15) is 0 Å². The quantitative estimate of drug-likeness (QED) is 0.197. The Balaban J connectivity index is 1.42. The van der Waals surface area contributed by atoms with Crippen LogP contribution in [0, 0.1) is 5.16 Å². The number of hydrogen-bond donors (Lipinski definition) is 1. The zero-order chi connectivity index (χ0) is 24.5. The number of carbonyl (C=O) groups is 1. The van der Waals surface area contributed by atoms with Crippen LogP contribution in [-0.2, 0) is 4.74 Å². The number of carbonyl (C=O) groups excluding carboxylic acids is 1. The Hall–Kier alpha value is -3.52. The molecule has 1 N–H and O–H groups in total. The Morgan fingerprint density at radius 2 is 1.17 bits per heavy atom. The summed E-state index contributed by atoms with van der Waals surface area (Å²) in [5.41, 5.74) is 0.449. The van der Waals surface area contributed by atoms with Gasteiger partial charge in [0.15, 0.2) is 11.5 Å². The molecule has 4 aromatic rings. The van der Waals surface area contributed by atoms with Crippen molar-refractivity contribution in [1.29, 1.82) is 5.16 Å². The van der Waals surface area contributed by atoms with E-state index < -0.39 is 16.1 Å². The van der Waals surface area contributed by atoms with E-state index in [2.05, 4.69) is 60.7 Å². The van der Waals surface area contributed by atoms with Crippen molar-refractivity contribution in [3.8, 4) is 11.5 Å². The number of nitrogens with one attached hydrogen (secondary N) is 1. The third kappa shape index (κ3) is 6.76. The molecule has 35 heavy (non-hydrogen) atoms. The molecule has 0 fully saturated rings. The van der Waals surface area contributed by atoms with E-state index in [4.69, 9.17) is 18.9 Å². The topological polar surface area (TPSA) is 68.6 Å². The Labute approximate surface area is 207 Å². The average Bonchev–Trinajstić information content (AvgIpc) is 2.90. The van der Waals surface area contributed by atoms with Crippen molar-refractivity contribution in [3.05, 3.63) is 115 Å². The second-order valence-corrected chi connectivity index (χ2v) is 10.7. The van der Waals surface area contributed by atoms with Gasteiger partial charge in [0.1, 0.15) is 0 Å². The van der Waals surface area contributed by atoms with E-state index in [0.29, 0.717) is 23.7 Å². The van der Waals surface area contributed by atoms with Crippen LogP contribution in [0.3, 0.4) is 0 Å². The van der Waals surface area contributed by atoms with Gasteiger partial charge in [-0.15, -0.1) is 0 Å². The van der Waals surface area contributed by atoms with E-state index in [1.165, 1.54) is 15.9 Å². The van der Waals surface area contributed by atoms with Gasteiger partial charge in [-0.25, -0.2) is 13.8 Å². The van der Waals surface area contributed by atoms with Crippen LogP contribution in [0.25, 0.3) is 0 Å². The van der Waals surface area contributed by atoms with E-state index in [0.717, 1.165) is 6.42 Å². The van der Waals surface area contributed by atoms with Crippen molar-refractivity contribution < 1.29 is 18.6 Å². The summed E-state index contributed by atoms with van der Waals surface area (Å²) in [6, 6.07) is 35.4. The van der Waals surface area contributed by atoms with Crippen LogP contribution in [-0.4, -0.2) is 12.6 Å². The Bertz CT molecular complexity index is 1210. The molecule has 176 valence electrons. The van der Waals surface area contributed by atoms with Crippen molar-refractivity contribution in [2.75, 3.05) is 6.61 Å². The van der Waals surface area contributed by atoms with Gasteiger partial charge in [0.25, 0.3) is 0 Å². The largest absolute Gasteiger partial charge is 0.664 e. The standard InChI is InChI=1S/C28H26NO4P2/c1-2-21-31-28(30)22-13-15-23(16-14-22)32-35(29)33-24-17-19-27(20-18-24)34(25-9-5-3-6-10-25)26-11-7-4-8-12-26/h3-20,29H,2,21H2,1H3/q+1. The molecular formula is C28H26NO4P2+. The van der Waals surface area contributed by atoms with Crippen LogP contribution in [0.4, 0.5) is 0 Å². The minimum atomic E-state index is -1.94. The van der Waals surface area contributed by atoms with E-state index in [1.807, 2.05) is 31.2 Å². The highest BCUT2D eigenvalue weighted by atomic mass is 31.1. The van der Waals surface area contributed by atoms with Crippen molar-refractivity contribution in [2.45, 2.75) is 13.3 Å². The maximum atomic E-state index is 11.9. The molecule has 1 unspecified atom stereocenters. The molecular weight excluding hydrogens is 476 g/mol. The molecule has 0 bridgehead atoms. The molecule has 0 aromatic heterocycles. The second-order valence-electron chi connectivity index (χ2n) is 7.60. The number of rotatable bonds is 10.